The Bertz CT molecular complexity index is 404. The summed E-state index contributed by atoms with van der Waals surface area (Å²) in [6.45, 7) is 13.4. The molecule has 0 saturated carbocycles. The number of hydrogen-bond donors (Lipinski definition) is 0. The second kappa shape index (κ2) is 8.93. The number of rotatable bonds is 6. The van der Waals surface area contributed by atoms with Crippen molar-refractivity contribution in [1.82, 2.24) is 0 Å². The molecule has 1 rings (SSSR count). The Morgan fingerprint density at radius 2 is 1.96 bits per heavy atom. The number of halogens is 1. The van der Waals surface area contributed by atoms with E-state index in [0.29, 0.717) is 11.2 Å². The van der Waals surface area contributed by atoms with Crippen molar-refractivity contribution in [3.05, 3.63) is 12.2 Å². The minimum absolute atomic E-state index is 0.0447. The van der Waals surface area contributed by atoms with Gasteiger partial charge < -0.3 is 14.0 Å². The Balaban J connectivity index is 2.96. The van der Waals surface area contributed by atoms with Gasteiger partial charge in [-0.05, 0) is 37.4 Å². The second-order valence-corrected chi connectivity index (χ2v) is 13.8. The SMILES string of the molecule is CC[C@H](Br)[C@H]1C/C=C\C[C@H](O[Si](C)(C)C(C)(C)C)[C@H](CC=O)O1. The summed E-state index contributed by atoms with van der Waals surface area (Å²) >= 11 is 3.71. The molecule has 0 aliphatic carbocycles. The molecule has 1 heterocycles. The summed E-state index contributed by atoms with van der Waals surface area (Å²) in [6, 6.07) is 0. The zero-order chi connectivity index (χ0) is 17.7. The highest BCUT2D eigenvalue weighted by atomic mass is 79.9. The number of ether oxygens (including phenoxy) is 1. The zero-order valence-electron chi connectivity index (χ0n) is 15.5. The molecule has 0 N–H and O–H groups in total. The maximum Gasteiger partial charge on any atom is 0.192 e. The van der Waals surface area contributed by atoms with Crippen LogP contribution in [0.1, 0.15) is 53.4 Å². The van der Waals surface area contributed by atoms with Gasteiger partial charge in [0.05, 0.1) is 18.3 Å². The van der Waals surface area contributed by atoms with Gasteiger partial charge >= 0.3 is 0 Å². The van der Waals surface area contributed by atoms with Crippen LogP contribution in [0, 0.1) is 0 Å². The lowest BCUT2D eigenvalue weighted by atomic mass is 10.0. The molecule has 23 heavy (non-hydrogen) atoms. The van der Waals surface area contributed by atoms with Crippen LogP contribution in [-0.4, -0.2) is 37.7 Å². The average molecular weight is 405 g/mol. The minimum Gasteiger partial charge on any atom is -0.411 e. The van der Waals surface area contributed by atoms with Crippen molar-refractivity contribution in [1.29, 1.82) is 0 Å². The molecule has 0 bridgehead atoms. The molecule has 0 radical (unpaired) electrons. The van der Waals surface area contributed by atoms with Crippen LogP contribution in [0.2, 0.25) is 18.1 Å². The summed E-state index contributed by atoms with van der Waals surface area (Å²) < 4.78 is 12.9. The van der Waals surface area contributed by atoms with Crippen molar-refractivity contribution in [3.8, 4) is 0 Å². The largest absolute Gasteiger partial charge is 0.411 e. The first-order valence-corrected chi connectivity index (χ1v) is 12.5. The van der Waals surface area contributed by atoms with Crippen LogP contribution in [0.15, 0.2) is 12.2 Å². The van der Waals surface area contributed by atoms with E-state index in [4.69, 9.17) is 9.16 Å². The van der Waals surface area contributed by atoms with Crippen LogP contribution >= 0.6 is 15.9 Å². The van der Waals surface area contributed by atoms with Crippen molar-refractivity contribution in [2.45, 2.75) is 94.6 Å². The predicted molar refractivity (Wildman–Crippen MR) is 103 cm³/mol. The Kier molecular flexibility index (Phi) is 8.18. The zero-order valence-corrected chi connectivity index (χ0v) is 18.1. The predicted octanol–water partition coefficient (Wildman–Crippen LogP) is 5.24. The van der Waals surface area contributed by atoms with E-state index < -0.39 is 8.32 Å². The fraction of sp³-hybridized carbons (Fsp3) is 0.833. The summed E-state index contributed by atoms with van der Waals surface area (Å²) in [7, 11) is -1.90. The van der Waals surface area contributed by atoms with Crippen molar-refractivity contribution in [2.24, 2.45) is 0 Å². The molecule has 0 aromatic carbocycles. The van der Waals surface area contributed by atoms with E-state index in [2.05, 4.69) is 68.9 Å². The monoisotopic (exact) mass is 404 g/mol. The molecular formula is C18H33BrO3Si. The Morgan fingerprint density at radius 1 is 1.35 bits per heavy atom. The summed E-state index contributed by atoms with van der Waals surface area (Å²) in [5.41, 5.74) is 0. The molecule has 3 nitrogen and oxygen atoms in total. The van der Waals surface area contributed by atoms with Crippen molar-refractivity contribution >= 4 is 30.5 Å². The van der Waals surface area contributed by atoms with E-state index in [9.17, 15) is 4.79 Å². The minimum atomic E-state index is -1.90. The molecule has 5 heteroatoms. The van der Waals surface area contributed by atoms with Gasteiger partial charge in [-0.3, -0.25) is 0 Å². The third-order valence-electron chi connectivity index (χ3n) is 5.04. The molecule has 1 aliphatic heterocycles. The fourth-order valence-electron chi connectivity index (χ4n) is 2.46. The van der Waals surface area contributed by atoms with Crippen LogP contribution in [0.5, 0.6) is 0 Å². The molecule has 0 spiro atoms. The highest BCUT2D eigenvalue weighted by Crippen LogP contribution is 2.39. The Labute approximate surface area is 151 Å². The van der Waals surface area contributed by atoms with Gasteiger partial charge in [0.2, 0.25) is 0 Å². The highest BCUT2D eigenvalue weighted by Gasteiger charge is 2.41. The normalized spacial score (nSPS) is 29.4. The van der Waals surface area contributed by atoms with Gasteiger partial charge in [-0.25, -0.2) is 0 Å². The molecule has 0 fully saturated rings. The molecule has 0 aromatic rings. The smallest absolute Gasteiger partial charge is 0.192 e. The third kappa shape index (κ3) is 6.11. The lowest BCUT2D eigenvalue weighted by Crippen LogP contribution is -2.49. The molecular weight excluding hydrogens is 372 g/mol. The van der Waals surface area contributed by atoms with E-state index in [1.165, 1.54) is 0 Å². The van der Waals surface area contributed by atoms with E-state index >= 15 is 0 Å². The van der Waals surface area contributed by atoms with Gasteiger partial charge in [-0.2, -0.15) is 0 Å². The third-order valence-corrected chi connectivity index (χ3v) is 10.8. The molecule has 0 unspecified atom stereocenters. The van der Waals surface area contributed by atoms with Gasteiger partial charge in [0.15, 0.2) is 8.32 Å². The molecule has 0 aromatic heterocycles. The maximum absolute atomic E-state index is 11.2. The van der Waals surface area contributed by atoms with Gasteiger partial charge in [0.25, 0.3) is 0 Å². The standard InChI is InChI=1S/C18H33BrO3Si/c1-7-14(19)15-10-8-9-11-17(16(21-15)12-13-20)22-23(5,6)18(2,3)4/h8-9,13-17H,7,10-12H2,1-6H3/b9-8-/t14-,15+,16-,17-/m0/s1. The van der Waals surface area contributed by atoms with Crippen LogP contribution in [0.25, 0.3) is 0 Å². The number of carbonyl (C=O) groups is 1. The van der Waals surface area contributed by atoms with Gasteiger partial charge in [0, 0.05) is 11.2 Å². The first-order chi connectivity index (χ1) is 10.6. The summed E-state index contributed by atoms with van der Waals surface area (Å²) in [5, 5.41) is 0.144. The van der Waals surface area contributed by atoms with E-state index in [-0.39, 0.29) is 23.4 Å². The van der Waals surface area contributed by atoms with E-state index in [1.807, 2.05) is 0 Å². The summed E-state index contributed by atoms with van der Waals surface area (Å²) in [6.07, 6.45) is 8.32. The van der Waals surface area contributed by atoms with Crippen molar-refractivity contribution in [3.63, 3.8) is 0 Å². The van der Waals surface area contributed by atoms with Gasteiger partial charge in [-0.15, -0.1) is 0 Å². The number of aldehydes is 1. The number of carbonyl (C=O) groups excluding carboxylic acids is 1. The van der Waals surface area contributed by atoms with Gasteiger partial charge in [0.1, 0.15) is 6.29 Å². The van der Waals surface area contributed by atoms with Crippen LogP contribution in [0.4, 0.5) is 0 Å². The summed E-state index contributed by atoms with van der Waals surface area (Å²) in [4.78, 5) is 11.5. The quantitative estimate of drug-likeness (QED) is 0.262. The molecule has 0 saturated heterocycles. The molecule has 134 valence electrons. The van der Waals surface area contributed by atoms with Crippen LogP contribution in [-0.2, 0) is 14.0 Å². The lowest BCUT2D eigenvalue weighted by molar-refractivity contribution is -0.117. The van der Waals surface area contributed by atoms with E-state index in [0.717, 1.165) is 25.5 Å². The first kappa shape index (κ1) is 21.1. The maximum atomic E-state index is 11.2. The molecule has 4 atom stereocenters. The molecule has 0 amide bonds. The van der Waals surface area contributed by atoms with E-state index in [1.54, 1.807) is 0 Å². The first-order valence-electron chi connectivity index (χ1n) is 8.68. The highest BCUT2D eigenvalue weighted by molar-refractivity contribution is 9.09. The van der Waals surface area contributed by atoms with Crippen molar-refractivity contribution < 1.29 is 14.0 Å². The number of hydrogen-bond acceptors (Lipinski definition) is 3. The Hall–Kier alpha value is 0.0269. The van der Waals surface area contributed by atoms with Crippen LogP contribution < -0.4 is 0 Å². The number of alkyl halides is 1. The lowest BCUT2D eigenvalue weighted by Gasteiger charge is -2.42. The fourth-order valence-corrected chi connectivity index (χ4v) is 4.16. The van der Waals surface area contributed by atoms with Crippen LogP contribution in [0.3, 0.4) is 0 Å². The van der Waals surface area contributed by atoms with Gasteiger partial charge in [-0.1, -0.05) is 55.8 Å². The Morgan fingerprint density at radius 3 is 2.48 bits per heavy atom. The average Bonchev–Trinajstić information content (AvgIpc) is 2.43. The topological polar surface area (TPSA) is 35.5 Å². The molecule has 1 aliphatic rings. The van der Waals surface area contributed by atoms with Crippen molar-refractivity contribution in [2.75, 3.05) is 0 Å². The second-order valence-electron chi connectivity index (χ2n) is 7.90. The summed E-state index contributed by atoms with van der Waals surface area (Å²) in [5.74, 6) is 0.